The van der Waals surface area contributed by atoms with Crippen molar-refractivity contribution in [2.45, 2.75) is 159 Å². The van der Waals surface area contributed by atoms with Gasteiger partial charge < -0.3 is 40.3 Å². The van der Waals surface area contributed by atoms with Crippen LogP contribution in [0, 0.1) is 0 Å². The molecule has 9 heteroatoms. The molecule has 1 heterocycles. The Labute approximate surface area is 332 Å². The van der Waals surface area contributed by atoms with Gasteiger partial charge in [-0.1, -0.05) is 142 Å². The third kappa shape index (κ3) is 26.4. The van der Waals surface area contributed by atoms with Crippen molar-refractivity contribution in [3.8, 4) is 0 Å². The van der Waals surface area contributed by atoms with E-state index in [9.17, 15) is 30.3 Å². The van der Waals surface area contributed by atoms with Gasteiger partial charge in [-0.15, -0.1) is 0 Å². The van der Waals surface area contributed by atoms with Gasteiger partial charge >= 0.3 is 0 Å². The van der Waals surface area contributed by atoms with Crippen LogP contribution in [0.15, 0.2) is 109 Å². The highest BCUT2D eigenvalue weighted by molar-refractivity contribution is 5.76. The number of rotatable bonds is 31. The van der Waals surface area contributed by atoms with Crippen LogP contribution in [0.3, 0.4) is 0 Å². The van der Waals surface area contributed by atoms with E-state index >= 15 is 0 Å². The standard InChI is InChI=1S/C46H73NO8/c1-3-5-7-8-9-10-11-12-13-14-15-16-17-18-19-20-21-22-23-24-25-26-27-28-29-30-31-32-34-36-42(50)47-39(40(49)35-33-6-4-2)38-54-46-45(53)44(52)43(51)41(37-48)55-46/h5,7,9-10,12-13,15-16,18-19,21-22,24-25,27-28,33,35,39-41,43-46,48-49,51-53H,3-4,6,8,11,14,17,20,23,26,29-32,34,36-38H2,1-2H3,(H,47,50)/b7-5-,10-9-,13-12-,16-15-,19-18-,22-21-,25-24-,28-27-,35-33+. The lowest BCUT2D eigenvalue weighted by Crippen LogP contribution is -2.60. The SMILES string of the molecule is CC/C=C\C/C=C\C/C=C\C/C=C\C/C=C\C/C=C\C/C=C\C/C=C\CCCCCCC(=O)NC(COC1OC(CO)C(O)C(O)C1O)C(O)/C=C/CCC. The number of aliphatic hydroxyl groups is 5. The highest BCUT2D eigenvalue weighted by atomic mass is 16.7. The molecule has 0 aliphatic carbocycles. The molecule has 1 saturated heterocycles. The number of amides is 1. The predicted molar refractivity (Wildman–Crippen MR) is 225 cm³/mol. The predicted octanol–water partition coefficient (Wildman–Crippen LogP) is 7.94. The van der Waals surface area contributed by atoms with Crippen LogP contribution >= 0.6 is 0 Å². The molecule has 0 saturated carbocycles. The monoisotopic (exact) mass is 768 g/mol. The van der Waals surface area contributed by atoms with Gasteiger partial charge in [0.1, 0.15) is 24.4 Å². The van der Waals surface area contributed by atoms with Crippen LogP contribution in [0.4, 0.5) is 0 Å². The van der Waals surface area contributed by atoms with Gasteiger partial charge in [0, 0.05) is 6.42 Å². The van der Waals surface area contributed by atoms with Crippen molar-refractivity contribution in [1.82, 2.24) is 5.32 Å². The zero-order valence-corrected chi connectivity index (χ0v) is 33.6. The lowest BCUT2D eigenvalue weighted by Gasteiger charge is -2.40. The van der Waals surface area contributed by atoms with E-state index in [4.69, 9.17) is 9.47 Å². The zero-order valence-electron chi connectivity index (χ0n) is 33.6. The van der Waals surface area contributed by atoms with Gasteiger partial charge in [-0.2, -0.15) is 0 Å². The molecule has 1 aliphatic heterocycles. The third-order valence-electron chi connectivity index (χ3n) is 8.83. The number of aliphatic hydroxyl groups excluding tert-OH is 5. The molecule has 1 fully saturated rings. The molecule has 0 aromatic carbocycles. The largest absolute Gasteiger partial charge is 0.394 e. The zero-order chi connectivity index (χ0) is 40.2. The number of hydrogen-bond donors (Lipinski definition) is 6. The van der Waals surface area contributed by atoms with E-state index < -0.39 is 49.5 Å². The van der Waals surface area contributed by atoms with Gasteiger partial charge in [-0.3, -0.25) is 4.79 Å². The van der Waals surface area contributed by atoms with Crippen LogP contribution in [0.5, 0.6) is 0 Å². The summed E-state index contributed by atoms with van der Waals surface area (Å²) in [6.45, 7) is 3.38. The molecule has 9 nitrogen and oxygen atoms in total. The summed E-state index contributed by atoms with van der Waals surface area (Å²) >= 11 is 0. The lowest BCUT2D eigenvalue weighted by molar-refractivity contribution is -0.302. The van der Waals surface area contributed by atoms with Gasteiger partial charge in [0.25, 0.3) is 0 Å². The second-order valence-corrected chi connectivity index (χ2v) is 13.7. The fraction of sp³-hybridized carbons (Fsp3) is 0.587. The first-order chi connectivity index (χ1) is 26.8. The summed E-state index contributed by atoms with van der Waals surface area (Å²) < 4.78 is 11.0. The van der Waals surface area contributed by atoms with Crippen molar-refractivity contribution in [3.05, 3.63) is 109 Å². The van der Waals surface area contributed by atoms with Crippen molar-refractivity contribution in [2.75, 3.05) is 13.2 Å². The molecule has 1 aliphatic rings. The average Bonchev–Trinajstić information content (AvgIpc) is 3.18. The quantitative estimate of drug-likeness (QED) is 0.0308. The van der Waals surface area contributed by atoms with Gasteiger partial charge in [-0.25, -0.2) is 0 Å². The number of allylic oxidation sites excluding steroid dienone is 17. The van der Waals surface area contributed by atoms with E-state index in [1.165, 1.54) is 0 Å². The fourth-order valence-corrected chi connectivity index (χ4v) is 5.53. The summed E-state index contributed by atoms with van der Waals surface area (Å²) in [7, 11) is 0. The molecule has 7 unspecified atom stereocenters. The Morgan fingerprint density at radius 1 is 0.636 bits per heavy atom. The topological polar surface area (TPSA) is 149 Å². The Hall–Kier alpha value is -3.15. The normalized spacial score (nSPS) is 22.5. The third-order valence-corrected chi connectivity index (χ3v) is 8.83. The molecule has 6 N–H and O–H groups in total. The van der Waals surface area contributed by atoms with Crippen LogP contribution in [0.1, 0.15) is 117 Å². The van der Waals surface area contributed by atoms with E-state index in [0.717, 1.165) is 96.3 Å². The molecular formula is C46H73NO8. The molecule has 0 bridgehead atoms. The highest BCUT2D eigenvalue weighted by Gasteiger charge is 2.44. The Morgan fingerprint density at radius 2 is 1.13 bits per heavy atom. The summed E-state index contributed by atoms with van der Waals surface area (Å²) in [4.78, 5) is 12.7. The van der Waals surface area contributed by atoms with Crippen LogP contribution in [0.2, 0.25) is 0 Å². The summed E-state index contributed by atoms with van der Waals surface area (Å²) in [5.74, 6) is -0.221. The second-order valence-electron chi connectivity index (χ2n) is 13.7. The fourth-order valence-electron chi connectivity index (χ4n) is 5.53. The Balaban J connectivity index is 2.17. The molecular weight excluding hydrogens is 695 g/mol. The minimum Gasteiger partial charge on any atom is -0.394 e. The summed E-state index contributed by atoms with van der Waals surface area (Å²) in [6, 6.07) is -0.821. The average molecular weight is 768 g/mol. The van der Waals surface area contributed by atoms with Crippen molar-refractivity contribution < 1.29 is 39.8 Å². The molecule has 0 aromatic heterocycles. The molecule has 0 spiro atoms. The number of carbonyl (C=O) groups is 1. The maximum Gasteiger partial charge on any atom is 0.220 e. The maximum atomic E-state index is 12.7. The van der Waals surface area contributed by atoms with Crippen molar-refractivity contribution in [1.29, 1.82) is 0 Å². The van der Waals surface area contributed by atoms with Gasteiger partial charge in [0.15, 0.2) is 6.29 Å². The number of hydrogen-bond acceptors (Lipinski definition) is 8. The number of unbranched alkanes of at least 4 members (excludes halogenated alkanes) is 5. The molecule has 0 radical (unpaired) electrons. The molecule has 55 heavy (non-hydrogen) atoms. The Bertz CT molecular complexity index is 1210. The van der Waals surface area contributed by atoms with Gasteiger partial charge in [0.2, 0.25) is 5.91 Å². The van der Waals surface area contributed by atoms with E-state index in [1.54, 1.807) is 6.08 Å². The smallest absolute Gasteiger partial charge is 0.220 e. The Morgan fingerprint density at radius 3 is 1.62 bits per heavy atom. The van der Waals surface area contributed by atoms with Crippen molar-refractivity contribution in [2.24, 2.45) is 0 Å². The van der Waals surface area contributed by atoms with Crippen LogP contribution in [0.25, 0.3) is 0 Å². The van der Waals surface area contributed by atoms with Gasteiger partial charge in [0.05, 0.1) is 25.4 Å². The number of nitrogens with one attached hydrogen (secondary N) is 1. The highest BCUT2D eigenvalue weighted by Crippen LogP contribution is 2.22. The minimum absolute atomic E-state index is 0.212. The Kier molecular flexibility index (Phi) is 32.0. The van der Waals surface area contributed by atoms with Gasteiger partial charge in [-0.05, 0) is 77.0 Å². The molecule has 1 rings (SSSR count). The van der Waals surface area contributed by atoms with E-state index in [1.807, 2.05) is 13.0 Å². The van der Waals surface area contributed by atoms with Crippen molar-refractivity contribution >= 4 is 5.91 Å². The summed E-state index contributed by atoms with van der Waals surface area (Å²) in [5.41, 5.74) is 0. The first-order valence-corrected chi connectivity index (χ1v) is 20.6. The first kappa shape index (κ1) is 49.9. The maximum absolute atomic E-state index is 12.7. The second kappa shape index (κ2) is 35.3. The summed E-state index contributed by atoms with van der Waals surface area (Å²) in [5, 5.41) is 53.3. The molecule has 0 aromatic rings. The van der Waals surface area contributed by atoms with Crippen molar-refractivity contribution in [3.63, 3.8) is 0 Å². The first-order valence-electron chi connectivity index (χ1n) is 20.6. The van der Waals surface area contributed by atoms with Crippen LogP contribution in [-0.4, -0.2) is 87.5 Å². The molecule has 310 valence electrons. The van der Waals surface area contributed by atoms with E-state index in [-0.39, 0.29) is 12.5 Å². The van der Waals surface area contributed by atoms with E-state index in [0.29, 0.717) is 6.42 Å². The number of ether oxygens (including phenoxy) is 2. The minimum atomic E-state index is -1.57. The lowest BCUT2D eigenvalue weighted by atomic mass is 9.99. The van der Waals surface area contributed by atoms with E-state index in [2.05, 4.69) is 109 Å². The summed E-state index contributed by atoms with van der Waals surface area (Å²) in [6.07, 6.45) is 45.1. The molecule has 1 amide bonds. The van der Waals surface area contributed by atoms with Crippen LogP contribution in [-0.2, 0) is 14.3 Å². The molecule has 7 atom stereocenters. The number of carbonyl (C=O) groups excluding carboxylic acids is 1. The van der Waals surface area contributed by atoms with Crippen LogP contribution < -0.4 is 5.32 Å².